The van der Waals surface area contributed by atoms with Crippen LogP contribution in [0.15, 0.2) is 45.3 Å². The molecule has 0 saturated carbocycles. The summed E-state index contributed by atoms with van der Waals surface area (Å²) in [4.78, 5) is 13.1. The van der Waals surface area contributed by atoms with E-state index >= 15 is 0 Å². The monoisotopic (exact) mass is 510 g/mol. The van der Waals surface area contributed by atoms with Gasteiger partial charge in [0.2, 0.25) is 5.91 Å². The molecule has 1 aliphatic rings. The predicted octanol–water partition coefficient (Wildman–Crippen LogP) is 5.23. The van der Waals surface area contributed by atoms with Crippen LogP contribution < -0.4 is 10.6 Å². The summed E-state index contributed by atoms with van der Waals surface area (Å²) in [7, 11) is 0. The van der Waals surface area contributed by atoms with Crippen LogP contribution in [0.25, 0.3) is 0 Å². The Morgan fingerprint density at radius 3 is 2.43 bits per heavy atom. The second-order valence-electron chi connectivity index (χ2n) is 7.59. The van der Waals surface area contributed by atoms with E-state index in [9.17, 15) is 9.18 Å². The molecule has 6 heteroatoms. The van der Waals surface area contributed by atoms with Gasteiger partial charge in [0.25, 0.3) is 0 Å². The number of aryl methyl sites for hydroxylation is 1. The van der Waals surface area contributed by atoms with Crippen molar-refractivity contribution in [1.29, 1.82) is 0 Å². The molecular weight excluding hydrogens is 487 g/mol. The van der Waals surface area contributed by atoms with Crippen molar-refractivity contribution in [2.75, 3.05) is 13.1 Å². The van der Waals surface area contributed by atoms with Crippen LogP contribution in [0.2, 0.25) is 0 Å². The highest BCUT2D eigenvalue weighted by molar-refractivity contribution is 9.11. The first kappa shape index (κ1) is 21.5. The summed E-state index contributed by atoms with van der Waals surface area (Å²) in [6.45, 7) is 5.96. The Balaban J connectivity index is 1.81. The first-order chi connectivity index (χ1) is 13.3. The lowest BCUT2D eigenvalue weighted by atomic mass is 9.64. The summed E-state index contributed by atoms with van der Waals surface area (Å²) in [6.07, 6.45) is 1.71. The first-order valence-electron chi connectivity index (χ1n) is 9.52. The highest BCUT2D eigenvalue weighted by Gasteiger charge is 2.42. The Hall–Kier alpha value is -1.24. The third kappa shape index (κ3) is 4.66. The van der Waals surface area contributed by atoms with E-state index in [1.54, 1.807) is 6.92 Å². The van der Waals surface area contributed by atoms with Crippen LogP contribution in [0.3, 0.4) is 0 Å². The first-order valence-corrected chi connectivity index (χ1v) is 11.1. The molecule has 1 saturated heterocycles. The number of amides is 1. The minimum Gasteiger partial charge on any atom is -0.352 e. The van der Waals surface area contributed by atoms with Crippen LogP contribution in [-0.2, 0) is 16.8 Å². The summed E-state index contributed by atoms with van der Waals surface area (Å²) in [6, 6.07) is 11.3. The summed E-state index contributed by atoms with van der Waals surface area (Å²) in [5, 5.41) is 6.48. The number of halogens is 3. The van der Waals surface area contributed by atoms with Crippen molar-refractivity contribution in [3.63, 3.8) is 0 Å². The SMILES string of the molecule is Cc1cc(C2(C(C)C(=O)NCc3cc(Br)cc(Br)c3)CCNCC2)ccc1F. The zero-order valence-corrected chi connectivity index (χ0v) is 19.3. The Morgan fingerprint density at radius 2 is 1.82 bits per heavy atom. The van der Waals surface area contributed by atoms with Gasteiger partial charge in [0, 0.05) is 26.8 Å². The van der Waals surface area contributed by atoms with Gasteiger partial charge in [-0.05, 0) is 73.8 Å². The summed E-state index contributed by atoms with van der Waals surface area (Å²) >= 11 is 6.97. The Kier molecular flexibility index (Phi) is 6.94. The molecule has 0 spiro atoms. The van der Waals surface area contributed by atoms with E-state index in [-0.39, 0.29) is 23.1 Å². The second-order valence-corrected chi connectivity index (χ2v) is 9.42. The van der Waals surface area contributed by atoms with E-state index in [1.807, 2.05) is 37.3 Å². The van der Waals surface area contributed by atoms with Gasteiger partial charge in [-0.1, -0.05) is 50.9 Å². The molecule has 1 heterocycles. The molecule has 3 nitrogen and oxygen atoms in total. The number of hydrogen-bond donors (Lipinski definition) is 2. The molecule has 28 heavy (non-hydrogen) atoms. The molecule has 1 unspecified atom stereocenters. The summed E-state index contributed by atoms with van der Waals surface area (Å²) in [5.41, 5.74) is 2.42. The van der Waals surface area contributed by atoms with Crippen LogP contribution in [0.1, 0.15) is 36.5 Å². The number of nitrogens with one attached hydrogen (secondary N) is 2. The molecule has 2 aromatic rings. The molecule has 2 N–H and O–H groups in total. The number of carbonyl (C=O) groups is 1. The maximum absolute atomic E-state index is 13.8. The maximum atomic E-state index is 13.8. The standard InChI is InChI=1S/C22H25Br2FN2O/c1-14-9-17(3-4-20(14)25)22(5-7-26-8-6-22)15(2)21(28)27-13-16-10-18(23)12-19(24)11-16/h3-4,9-12,15,26H,5-8,13H2,1-2H3,(H,27,28). The fourth-order valence-corrected chi connectivity index (χ4v) is 5.49. The van der Waals surface area contributed by atoms with E-state index < -0.39 is 0 Å². The largest absolute Gasteiger partial charge is 0.352 e. The highest BCUT2D eigenvalue weighted by atomic mass is 79.9. The van der Waals surface area contributed by atoms with Gasteiger partial charge in [-0.15, -0.1) is 0 Å². The van der Waals surface area contributed by atoms with E-state index in [4.69, 9.17) is 0 Å². The number of benzene rings is 2. The van der Waals surface area contributed by atoms with E-state index in [0.29, 0.717) is 12.1 Å². The maximum Gasteiger partial charge on any atom is 0.223 e. The lowest BCUT2D eigenvalue weighted by Gasteiger charge is -2.42. The van der Waals surface area contributed by atoms with Crippen molar-refractivity contribution in [2.24, 2.45) is 5.92 Å². The zero-order valence-electron chi connectivity index (χ0n) is 16.1. The fraction of sp³-hybridized carbons (Fsp3) is 0.409. The minimum absolute atomic E-state index is 0.0278. The Labute approximate surface area is 182 Å². The van der Waals surface area contributed by atoms with Gasteiger partial charge in [-0.3, -0.25) is 4.79 Å². The normalized spacial score (nSPS) is 17.2. The van der Waals surface area contributed by atoms with Crippen molar-refractivity contribution in [2.45, 2.75) is 38.6 Å². The quantitative estimate of drug-likeness (QED) is 0.576. The zero-order chi connectivity index (χ0) is 20.3. The number of piperidine rings is 1. The fourth-order valence-electron chi connectivity index (χ4n) is 4.11. The third-order valence-corrected chi connectivity index (χ3v) is 6.76. The van der Waals surface area contributed by atoms with Crippen LogP contribution in [-0.4, -0.2) is 19.0 Å². The minimum atomic E-state index is -0.286. The van der Waals surface area contributed by atoms with Crippen molar-refractivity contribution < 1.29 is 9.18 Å². The van der Waals surface area contributed by atoms with Crippen molar-refractivity contribution in [3.8, 4) is 0 Å². The molecule has 0 bridgehead atoms. The average Bonchev–Trinajstić information content (AvgIpc) is 2.67. The molecule has 3 rings (SSSR count). The van der Waals surface area contributed by atoms with Gasteiger partial charge in [-0.2, -0.15) is 0 Å². The number of rotatable bonds is 5. The van der Waals surface area contributed by atoms with Gasteiger partial charge in [0.1, 0.15) is 5.82 Å². The van der Waals surface area contributed by atoms with Crippen molar-refractivity contribution >= 4 is 37.8 Å². The molecule has 1 aliphatic heterocycles. The molecular formula is C22H25Br2FN2O. The summed E-state index contributed by atoms with van der Waals surface area (Å²) in [5.74, 6) is -0.389. The number of carbonyl (C=O) groups excluding carboxylic acids is 1. The Bertz CT molecular complexity index is 845. The Morgan fingerprint density at radius 1 is 1.18 bits per heavy atom. The molecule has 1 fully saturated rings. The van der Waals surface area contributed by atoms with Crippen LogP contribution >= 0.6 is 31.9 Å². The molecule has 1 atom stereocenters. The predicted molar refractivity (Wildman–Crippen MR) is 118 cm³/mol. The van der Waals surface area contributed by atoms with Crippen LogP contribution in [0.5, 0.6) is 0 Å². The molecule has 0 radical (unpaired) electrons. The topological polar surface area (TPSA) is 41.1 Å². The van der Waals surface area contributed by atoms with Gasteiger partial charge in [0.05, 0.1) is 0 Å². The molecule has 150 valence electrons. The van der Waals surface area contributed by atoms with E-state index in [1.165, 1.54) is 6.07 Å². The van der Waals surface area contributed by atoms with Gasteiger partial charge in [0.15, 0.2) is 0 Å². The molecule has 1 amide bonds. The highest BCUT2D eigenvalue weighted by Crippen LogP contribution is 2.41. The van der Waals surface area contributed by atoms with Gasteiger partial charge >= 0.3 is 0 Å². The van der Waals surface area contributed by atoms with Crippen molar-refractivity contribution in [1.82, 2.24) is 10.6 Å². The molecule has 0 aromatic heterocycles. The smallest absolute Gasteiger partial charge is 0.223 e. The van der Waals surface area contributed by atoms with Crippen molar-refractivity contribution in [3.05, 3.63) is 67.9 Å². The van der Waals surface area contributed by atoms with Gasteiger partial charge < -0.3 is 10.6 Å². The molecule has 2 aromatic carbocycles. The van der Waals surface area contributed by atoms with Gasteiger partial charge in [-0.25, -0.2) is 4.39 Å². The van der Waals surface area contributed by atoms with E-state index in [0.717, 1.165) is 46.0 Å². The van der Waals surface area contributed by atoms with E-state index in [2.05, 4.69) is 42.5 Å². The average molecular weight is 512 g/mol. The van der Waals surface area contributed by atoms with Crippen LogP contribution in [0, 0.1) is 18.7 Å². The third-order valence-electron chi connectivity index (χ3n) is 5.84. The summed E-state index contributed by atoms with van der Waals surface area (Å²) < 4.78 is 15.8. The van der Waals surface area contributed by atoms with Crippen LogP contribution in [0.4, 0.5) is 4.39 Å². The molecule has 0 aliphatic carbocycles. The second kappa shape index (κ2) is 9.06. The lowest BCUT2D eigenvalue weighted by Crippen LogP contribution is -2.49. The number of hydrogen-bond acceptors (Lipinski definition) is 2. The lowest BCUT2D eigenvalue weighted by molar-refractivity contribution is -0.127.